The van der Waals surface area contributed by atoms with E-state index in [0.717, 1.165) is 25.9 Å². The van der Waals surface area contributed by atoms with E-state index in [2.05, 4.69) is 4.90 Å². The van der Waals surface area contributed by atoms with Gasteiger partial charge in [0.1, 0.15) is 11.6 Å². The van der Waals surface area contributed by atoms with Crippen molar-refractivity contribution in [3.8, 4) is 0 Å². The molecule has 10 heteroatoms. The van der Waals surface area contributed by atoms with Crippen molar-refractivity contribution in [2.45, 2.75) is 57.4 Å². The highest BCUT2D eigenvalue weighted by atomic mass is 16.5. The van der Waals surface area contributed by atoms with Gasteiger partial charge in [0, 0.05) is 45.8 Å². The highest BCUT2D eigenvalue weighted by molar-refractivity contribution is 6.00. The normalized spacial score (nSPS) is 34.6. The van der Waals surface area contributed by atoms with Gasteiger partial charge in [-0.1, -0.05) is 51.5 Å². The van der Waals surface area contributed by atoms with Crippen LogP contribution in [0.25, 0.3) is 0 Å². The average molecular weight is 545 g/mol. The Morgan fingerprint density at radius 1 is 1.00 bits per heavy atom. The second-order valence-corrected chi connectivity index (χ2v) is 11.6. The first kappa shape index (κ1) is 28.3. The number of aliphatic hydroxyl groups excluding tert-OH is 1. The minimum atomic E-state index is -1.26. The summed E-state index contributed by atoms with van der Waals surface area (Å²) in [5.74, 6) is -2.09. The van der Waals surface area contributed by atoms with E-state index in [1.54, 1.807) is 14.7 Å². The number of aliphatic hydroxyl groups is 1. The molecule has 3 saturated heterocycles. The van der Waals surface area contributed by atoms with Crippen LogP contribution < -0.4 is 0 Å². The summed E-state index contributed by atoms with van der Waals surface area (Å²) >= 11 is 0. The molecule has 0 aliphatic carbocycles. The van der Waals surface area contributed by atoms with Gasteiger partial charge in [0.05, 0.1) is 43.8 Å². The lowest BCUT2D eigenvalue weighted by Gasteiger charge is -2.40. The van der Waals surface area contributed by atoms with Crippen LogP contribution in [0.4, 0.5) is 0 Å². The standard InChI is InChI=1S/C29H44N4O6/c1-4-10-31-11-6-8-22-23(26(31)35)24-27(36)33(21(19-34)20(3)5-2)25-28(37)32(12-7-9-29(24,25)39-22)14-13-30-15-17-38-18-16-30/h6-9,20-25,34H,4-5,10-19H2,1-3H3/t20-,21-,22+,23-,24-,25?,29-/m0/s1. The Bertz CT molecular complexity index is 996. The van der Waals surface area contributed by atoms with E-state index in [1.807, 2.05) is 45.1 Å². The Balaban J connectivity index is 1.52. The summed E-state index contributed by atoms with van der Waals surface area (Å²) in [4.78, 5) is 50.2. The fourth-order valence-corrected chi connectivity index (χ4v) is 7.11. The maximum Gasteiger partial charge on any atom is 0.249 e. The van der Waals surface area contributed by atoms with E-state index in [4.69, 9.17) is 9.47 Å². The molecule has 216 valence electrons. The molecule has 1 N–H and O–H groups in total. The van der Waals surface area contributed by atoms with Gasteiger partial charge in [0.25, 0.3) is 0 Å². The van der Waals surface area contributed by atoms with Crippen molar-refractivity contribution in [1.29, 1.82) is 0 Å². The van der Waals surface area contributed by atoms with Crippen LogP contribution in [-0.4, -0.2) is 132 Å². The summed E-state index contributed by atoms with van der Waals surface area (Å²) < 4.78 is 12.2. The smallest absolute Gasteiger partial charge is 0.249 e. The van der Waals surface area contributed by atoms with E-state index in [-0.39, 0.29) is 30.2 Å². The summed E-state index contributed by atoms with van der Waals surface area (Å²) in [7, 11) is 0. The summed E-state index contributed by atoms with van der Waals surface area (Å²) in [6, 6.07) is -1.48. The largest absolute Gasteiger partial charge is 0.394 e. The predicted octanol–water partition coefficient (Wildman–Crippen LogP) is 0.513. The quantitative estimate of drug-likeness (QED) is 0.422. The number of carbonyl (C=O) groups is 3. The van der Waals surface area contributed by atoms with E-state index in [9.17, 15) is 19.5 Å². The summed E-state index contributed by atoms with van der Waals surface area (Å²) in [6.45, 7) is 11.5. The molecule has 5 aliphatic rings. The van der Waals surface area contributed by atoms with Crippen LogP contribution in [0.5, 0.6) is 0 Å². The molecule has 1 unspecified atom stereocenters. The average Bonchev–Trinajstić information content (AvgIpc) is 3.27. The molecule has 1 spiro atoms. The van der Waals surface area contributed by atoms with Crippen molar-refractivity contribution >= 4 is 17.7 Å². The number of fused-ring (bicyclic) bond motifs is 2. The molecule has 3 amide bonds. The van der Waals surface area contributed by atoms with Gasteiger partial charge in [-0.05, 0) is 12.3 Å². The van der Waals surface area contributed by atoms with Crippen LogP contribution in [0.1, 0.15) is 33.6 Å². The molecular weight excluding hydrogens is 500 g/mol. The molecule has 5 aliphatic heterocycles. The summed E-state index contributed by atoms with van der Waals surface area (Å²) in [5, 5.41) is 10.5. The first-order valence-corrected chi connectivity index (χ1v) is 14.7. The van der Waals surface area contributed by atoms with E-state index < -0.39 is 35.6 Å². The number of hydrogen-bond acceptors (Lipinski definition) is 7. The molecule has 39 heavy (non-hydrogen) atoms. The van der Waals surface area contributed by atoms with E-state index in [0.29, 0.717) is 45.9 Å². The van der Waals surface area contributed by atoms with Crippen molar-refractivity contribution in [1.82, 2.24) is 19.6 Å². The number of amides is 3. The van der Waals surface area contributed by atoms with Crippen LogP contribution in [0.3, 0.4) is 0 Å². The first-order chi connectivity index (χ1) is 18.9. The van der Waals surface area contributed by atoms with Crippen LogP contribution >= 0.6 is 0 Å². The number of morpholine rings is 1. The fourth-order valence-electron chi connectivity index (χ4n) is 7.11. The zero-order chi connectivity index (χ0) is 27.7. The topological polar surface area (TPSA) is 103 Å². The van der Waals surface area contributed by atoms with Crippen molar-refractivity contribution in [2.75, 3.05) is 65.6 Å². The van der Waals surface area contributed by atoms with Gasteiger partial charge in [-0.3, -0.25) is 19.3 Å². The molecule has 0 aromatic carbocycles. The Labute approximate surface area is 231 Å². The Hall–Kier alpha value is -2.27. The van der Waals surface area contributed by atoms with Gasteiger partial charge in [0.2, 0.25) is 17.7 Å². The third-order valence-corrected chi connectivity index (χ3v) is 9.39. The van der Waals surface area contributed by atoms with Gasteiger partial charge < -0.3 is 29.3 Å². The van der Waals surface area contributed by atoms with Crippen LogP contribution in [0.15, 0.2) is 24.3 Å². The van der Waals surface area contributed by atoms with Crippen molar-refractivity contribution < 1.29 is 29.0 Å². The molecule has 3 fully saturated rings. The number of hydrogen-bond donors (Lipinski definition) is 1. The Morgan fingerprint density at radius 2 is 1.72 bits per heavy atom. The lowest BCUT2D eigenvalue weighted by molar-refractivity contribution is -0.152. The SMILES string of the molecule is CCCN1CC=C[C@H]2O[C@]34C=CCN(CCN5CCOCC5)C(=O)C3N([C@@H](CO)[C@@H](C)CC)C(=O)[C@@H]4[C@H]2C1=O. The van der Waals surface area contributed by atoms with Crippen LogP contribution in [-0.2, 0) is 23.9 Å². The maximum absolute atomic E-state index is 14.4. The number of carbonyl (C=O) groups excluding carboxylic acids is 3. The minimum absolute atomic E-state index is 0.0335. The predicted molar refractivity (Wildman–Crippen MR) is 145 cm³/mol. The zero-order valence-corrected chi connectivity index (χ0v) is 23.5. The van der Waals surface area contributed by atoms with Crippen molar-refractivity contribution in [3.63, 3.8) is 0 Å². The molecular formula is C29H44N4O6. The zero-order valence-electron chi connectivity index (χ0n) is 23.5. The molecule has 10 nitrogen and oxygen atoms in total. The van der Waals surface area contributed by atoms with Gasteiger partial charge in [0.15, 0.2) is 0 Å². The van der Waals surface area contributed by atoms with Gasteiger partial charge in [-0.15, -0.1) is 0 Å². The maximum atomic E-state index is 14.4. The van der Waals surface area contributed by atoms with Crippen molar-refractivity contribution in [3.05, 3.63) is 24.3 Å². The second kappa shape index (κ2) is 11.7. The Morgan fingerprint density at radius 3 is 2.41 bits per heavy atom. The molecule has 0 saturated carbocycles. The molecule has 0 aromatic heterocycles. The summed E-state index contributed by atoms with van der Waals surface area (Å²) in [6.07, 6.45) is 8.64. The third-order valence-electron chi connectivity index (χ3n) is 9.39. The van der Waals surface area contributed by atoms with Gasteiger partial charge in [-0.25, -0.2) is 0 Å². The van der Waals surface area contributed by atoms with Crippen molar-refractivity contribution in [2.24, 2.45) is 17.8 Å². The molecule has 5 rings (SSSR count). The number of ether oxygens (including phenoxy) is 2. The van der Waals surface area contributed by atoms with Gasteiger partial charge in [-0.2, -0.15) is 0 Å². The van der Waals surface area contributed by atoms with E-state index >= 15 is 0 Å². The first-order valence-electron chi connectivity index (χ1n) is 14.7. The van der Waals surface area contributed by atoms with Crippen LogP contribution in [0.2, 0.25) is 0 Å². The Kier molecular flexibility index (Phi) is 8.47. The highest BCUT2D eigenvalue weighted by Crippen LogP contribution is 2.54. The number of likely N-dealkylation sites (tertiary alicyclic amines) is 1. The minimum Gasteiger partial charge on any atom is -0.394 e. The second-order valence-electron chi connectivity index (χ2n) is 11.6. The highest BCUT2D eigenvalue weighted by Gasteiger charge is 2.72. The lowest BCUT2D eigenvalue weighted by Crippen LogP contribution is -2.59. The molecule has 5 heterocycles. The molecule has 7 atom stereocenters. The molecule has 0 aromatic rings. The van der Waals surface area contributed by atoms with Gasteiger partial charge >= 0.3 is 0 Å². The monoisotopic (exact) mass is 544 g/mol. The lowest BCUT2D eigenvalue weighted by atomic mass is 9.77. The molecule has 0 radical (unpaired) electrons. The van der Waals surface area contributed by atoms with Crippen LogP contribution in [0, 0.1) is 17.8 Å². The van der Waals surface area contributed by atoms with E-state index in [1.165, 1.54) is 0 Å². The molecule has 0 bridgehead atoms. The number of rotatable bonds is 9. The number of nitrogens with zero attached hydrogens (tertiary/aromatic N) is 4. The summed E-state index contributed by atoms with van der Waals surface area (Å²) in [5.41, 5.74) is -1.26. The fraction of sp³-hybridized carbons (Fsp3) is 0.759. The third kappa shape index (κ3) is 4.83.